The lowest BCUT2D eigenvalue weighted by Crippen LogP contribution is -2.47. The maximum absolute atomic E-state index is 12.6. The smallest absolute Gasteiger partial charge is 0.382 e. The molecule has 0 heterocycles. The van der Waals surface area contributed by atoms with Gasteiger partial charge in [0.25, 0.3) is 0 Å². The Balaban J connectivity index is 2.94. The summed E-state index contributed by atoms with van der Waals surface area (Å²) < 4.78 is 60.3. The molecule has 4 nitrogen and oxygen atoms in total. The van der Waals surface area contributed by atoms with E-state index in [0.717, 1.165) is 6.26 Å². The Kier molecular flexibility index (Phi) is 4.94. The number of benzene rings is 1. The average molecular weight is 325 g/mol. The molecule has 1 atom stereocenters. The van der Waals surface area contributed by atoms with Crippen LogP contribution in [-0.2, 0) is 15.6 Å². The molecule has 0 aromatic heterocycles. The summed E-state index contributed by atoms with van der Waals surface area (Å²) in [5.41, 5.74) is -1.46. The summed E-state index contributed by atoms with van der Waals surface area (Å²) in [5.74, 6) is -0.190. The van der Waals surface area contributed by atoms with Gasteiger partial charge in [-0.25, -0.2) is 8.42 Å². The fourth-order valence-electron chi connectivity index (χ4n) is 1.68. The van der Waals surface area contributed by atoms with Gasteiger partial charge in [0.1, 0.15) is 0 Å². The summed E-state index contributed by atoms with van der Waals surface area (Å²) in [5, 5.41) is 11.9. The third-order valence-corrected chi connectivity index (χ3v) is 3.93. The van der Waals surface area contributed by atoms with E-state index >= 15 is 0 Å². The van der Waals surface area contributed by atoms with Crippen molar-refractivity contribution in [3.63, 3.8) is 0 Å². The lowest BCUT2D eigenvalue weighted by atomic mass is 10.0. The Morgan fingerprint density at radius 3 is 2.33 bits per heavy atom. The maximum Gasteiger partial charge on any atom is 0.418 e. The molecular formula is C13H18F3NO3S. The van der Waals surface area contributed by atoms with Crippen molar-refractivity contribution < 1.29 is 26.7 Å². The van der Waals surface area contributed by atoms with Crippen LogP contribution in [0.4, 0.5) is 18.9 Å². The van der Waals surface area contributed by atoms with E-state index in [4.69, 9.17) is 0 Å². The normalized spacial score (nSPS) is 15.6. The van der Waals surface area contributed by atoms with Crippen molar-refractivity contribution in [2.45, 2.75) is 31.4 Å². The maximum atomic E-state index is 12.6. The van der Waals surface area contributed by atoms with Crippen LogP contribution < -0.4 is 5.32 Å². The molecule has 0 bridgehead atoms. The Labute approximate surface area is 121 Å². The van der Waals surface area contributed by atoms with Crippen LogP contribution in [0, 0.1) is 6.92 Å². The Morgan fingerprint density at radius 2 is 1.86 bits per heavy atom. The highest BCUT2D eigenvalue weighted by molar-refractivity contribution is 7.89. The van der Waals surface area contributed by atoms with E-state index in [1.54, 1.807) is 19.1 Å². The van der Waals surface area contributed by atoms with Crippen molar-refractivity contribution in [3.8, 4) is 0 Å². The molecule has 0 spiro atoms. The molecule has 0 saturated heterocycles. The highest BCUT2D eigenvalue weighted by atomic mass is 32.2. The second kappa shape index (κ2) is 5.84. The van der Waals surface area contributed by atoms with Gasteiger partial charge in [-0.2, -0.15) is 13.2 Å². The van der Waals surface area contributed by atoms with Gasteiger partial charge in [0, 0.05) is 11.9 Å². The van der Waals surface area contributed by atoms with Crippen LogP contribution >= 0.6 is 0 Å². The number of hydrogen-bond donors (Lipinski definition) is 2. The largest absolute Gasteiger partial charge is 0.418 e. The summed E-state index contributed by atoms with van der Waals surface area (Å²) in [6.07, 6.45) is -3.67. The van der Waals surface area contributed by atoms with E-state index < -0.39 is 28.2 Å². The van der Waals surface area contributed by atoms with E-state index in [9.17, 15) is 26.7 Å². The van der Waals surface area contributed by atoms with Crippen LogP contribution in [0.25, 0.3) is 0 Å². The summed E-state index contributed by atoms with van der Waals surface area (Å²) in [6, 6.07) is 4.69. The zero-order valence-corrected chi connectivity index (χ0v) is 12.8. The van der Waals surface area contributed by atoms with Gasteiger partial charge in [-0.3, -0.25) is 0 Å². The van der Waals surface area contributed by atoms with Crippen molar-refractivity contribution in [1.29, 1.82) is 0 Å². The first-order valence-corrected chi connectivity index (χ1v) is 8.19. The summed E-state index contributed by atoms with van der Waals surface area (Å²) in [6.45, 7) is 1.57. The van der Waals surface area contributed by atoms with Crippen molar-refractivity contribution in [2.24, 2.45) is 0 Å². The molecule has 1 aromatic carbocycles. The fourth-order valence-corrected chi connectivity index (χ4v) is 2.56. The number of alkyl halides is 3. The molecule has 0 fully saturated rings. The standard InChI is InChI=1S/C13H18F3NO3S/c1-9-10(7-21(3,19)20)5-4-6-11(9)17-8-12(2,18)13(14,15)16/h4-6,17-18H,7-8H2,1-3H3. The van der Waals surface area contributed by atoms with Crippen molar-refractivity contribution in [3.05, 3.63) is 29.3 Å². The highest BCUT2D eigenvalue weighted by Crippen LogP contribution is 2.30. The molecule has 8 heteroatoms. The molecule has 0 amide bonds. The van der Waals surface area contributed by atoms with E-state index in [1.807, 2.05) is 0 Å². The van der Waals surface area contributed by atoms with Gasteiger partial charge in [0.05, 0.1) is 12.3 Å². The molecule has 0 radical (unpaired) electrons. The molecule has 0 saturated carbocycles. The van der Waals surface area contributed by atoms with E-state index in [2.05, 4.69) is 5.32 Å². The van der Waals surface area contributed by atoms with Gasteiger partial charge in [-0.1, -0.05) is 12.1 Å². The SMILES string of the molecule is Cc1c(CS(C)(=O)=O)cccc1NCC(C)(O)C(F)(F)F. The summed E-state index contributed by atoms with van der Waals surface area (Å²) in [7, 11) is -3.24. The molecular weight excluding hydrogens is 307 g/mol. The minimum absolute atomic E-state index is 0.190. The molecule has 1 unspecified atom stereocenters. The average Bonchev–Trinajstić information content (AvgIpc) is 2.27. The monoisotopic (exact) mass is 325 g/mol. The van der Waals surface area contributed by atoms with Crippen LogP contribution in [0.1, 0.15) is 18.1 Å². The van der Waals surface area contributed by atoms with Gasteiger partial charge in [-0.05, 0) is 31.0 Å². The molecule has 0 aliphatic carbocycles. The highest BCUT2D eigenvalue weighted by Gasteiger charge is 2.49. The van der Waals surface area contributed by atoms with E-state index in [-0.39, 0.29) is 5.75 Å². The van der Waals surface area contributed by atoms with Crippen LogP contribution in [0.3, 0.4) is 0 Å². The topological polar surface area (TPSA) is 66.4 Å². The van der Waals surface area contributed by atoms with Crippen molar-refractivity contribution >= 4 is 15.5 Å². The molecule has 1 rings (SSSR count). The molecule has 2 N–H and O–H groups in total. The number of aliphatic hydroxyl groups is 1. The van der Waals surface area contributed by atoms with Gasteiger partial charge in [0.15, 0.2) is 15.4 Å². The zero-order valence-electron chi connectivity index (χ0n) is 12.0. The first-order chi connectivity index (χ1) is 9.33. The Bertz CT molecular complexity index is 610. The van der Waals surface area contributed by atoms with Crippen LogP contribution in [0.2, 0.25) is 0 Å². The number of rotatable bonds is 5. The molecule has 120 valence electrons. The lowest BCUT2D eigenvalue weighted by molar-refractivity contribution is -0.246. The zero-order chi connectivity index (χ0) is 16.5. The van der Waals surface area contributed by atoms with Gasteiger partial charge < -0.3 is 10.4 Å². The minimum Gasteiger partial charge on any atom is -0.382 e. The van der Waals surface area contributed by atoms with Gasteiger partial charge in [0.2, 0.25) is 0 Å². The lowest BCUT2D eigenvalue weighted by Gasteiger charge is -2.27. The summed E-state index contributed by atoms with van der Waals surface area (Å²) >= 11 is 0. The second-order valence-electron chi connectivity index (χ2n) is 5.28. The molecule has 0 aliphatic heterocycles. The molecule has 1 aromatic rings. The number of sulfone groups is 1. The summed E-state index contributed by atoms with van der Waals surface area (Å²) in [4.78, 5) is 0. The predicted molar refractivity (Wildman–Crippen MR) is 74.9 cm³/mol. The number of nitrogens with one attached hydrogen (secondary N) is 1. The first kappa shape index (κ1) is 17.8. The predicted octanol–water partition coefficient (Wildman–Crippen LogP) is 2.26. The minimum atomic E-state index is -4.75. The Hall–Kier alpha value is -1.28. The third-order valence-electron chi connectivity index (χ3n) is 3.10. The van der Waals surface area contributed by atoms with E-state index in [1.165, 1.54) is 6.07 Å². The van der Waals surface area contributed by atoms with Gasteiger partial charge in [-0.15, -0.1) is 0 Å². The molecule has 21 heavy (non-hydrogen) atoms. The van der Waals surface area contributed by atoms with Crippen LogP contribution in [-0.4, -0.2) is 38.1 Å². The molecule has 0 aliphatic rings. The fraction of sp³-hybridized carbons (Fsp3) is 0.538. The number of hydrogen-bond acceptors (Lipinski definition) is 4. The number of anilines is 1. The third kappa shape index (κ3) is 4.89. The Morgan fingerprint density at radius 1 is 1.29 bits per heavy atom. The van der Waals surface area contributed by atoms with Crippen LogP contribution in [0.15, 0.2) is 18.2 Å². The van der Waals surface area contributed by atoms with Crippen molar-refractivity contribution in [2.75, 3.05) is 18.1 Å². The van der Waals surface area contributed by atoms with Gasteiger partial charge >= 0.3 is 6.18 Å². The quantitative estimate of drug-likeness (QED) is 0.871. The number of halogens is 3. The first-order valence-electron chi connectivity index (χ1n) is 6.13. The second-order valence-corrected chi connectivity index (χ2v) is 7.43. The van der Waals surface area contributed by atoms with Crippen LogP contribution in [0.5, 0.6) is 0 Å². The van der Waals surface area contributed by atoms with E-state index in [0.29, 0.717) is 23.7 Å². The van der Waals surface area contributed by atoms with Crippen molar-refractivity contribution in [1.82, 2.24) is 0 Å².